The molecule has 1 heteroatoms. The third-order valence-electron chi connectivity index (χ3n) is 12.1. The molecule has 0 spiro atoms. The van der Waals surface area contributed by atoms with Crippen molar-refractivity contribution in [3.8, 4) is 33.4 Å². The molecule has 1 aliphatic rings. The number of para-hydroxylation sites is 1. The van der Waals surface area contributed by atoms with E-state index in [9.17, 15) is 0 Å². The van der Waals surface area contributed by atoms with Crippen LogP contribution in [0.3, 0.4) is 0 Å². The Labute approximate surface area is 339 Å². The van der Waals surface area contributed by atoms with E-state index in [1.54, 1.807) is 0 Å². The average molecular weight is 738 g/mol. The molecular formula is C57H39N. The van der Waals surface area contributed by atoms with Crippen LogP contribution in [0.2, 0.25) is 0 Å². The van der Waals surface area contributed by atoms with Crippen molar-refractivity contribution in [3.63, 3.8) is 0 Å². The number of nitrogens with zero attached hydrogens (tertiary/aromatic N) is 1. The van der Waals surface area contributed by atoms with Crippen LogP contribution in [0, 0.1) is 0 Å². The summed E-state index contributed by atoms with van der Waals surface area (Å²) >= 11 is 0. The van der Waals surface area contributed by atoms with E-state index in [0.717, 1.165) is 17.1 Å². The number of anilines is 3. The molecule has 0 saturated heterocycles. The third kappa shape index (κ3) is 5.47. The van der Waals surface area contributed by atoms with E-state index < -0.39 is 5.41 Å². The molecule has 0 amide bonds. The first-order valence-electron chi connectivity index (χ1n) is 20.1. The minimum Gasteiger partial charge on any atom is -0.310 e. The standard InChI is InChI=1S/C57H39N/c1-4-20-47(21-5-1)57(48-22-6-2-7-23-48)54-27-15-14-26-52(54)53-35-33-50(39-55(53)57)58(49-24-8-3-9-25-49)56-38-45(44-30-28-40-16-10-12-18-42(40)36-44)32-34-51(56)46-31-29-41-17-11-13-19-43(41)37-46/h1-39H. The molecule has 0 N–H and O–H groups in total. The zero-order valence-corrected chi connectivity index (χ0v) is 32.0. The zero-order chi connectivity index (χ0) is 38.5. The maximum atomic E-state index is 2.47. The van der Waals surface area contributed by atoms with Crippen molar-refractivity contribution >= 4 is 38.6 Å². The first kappa shape index (κ1) is 33.8. The summed E-state index contributed by atoms with van der Waals surface area (Å²) in [4.78, 5) is 2.47. The summed E-state index contributed by atoms with van der Waals surface area (Å²) in [6, 6.07) is 87.0. The van der Waals surface area contributed by atoms with Gasteiger partial charge in [-0.1, -0.05) is 194 Å². The molecule has 0 heterocycles. The summed E-state index contributed by atoms with van der Waals surface area (Å²) in [5.74, 6) is 0. The second-order valence-corrected chi connectivity index (χ2v) is 15.3. The molecule has 1 aliphatic carbocycles. The molecule has 0 aromatic heterocycles. The third-order valence-corrected chi connectivity index (χ3v) is 12.1. The summed E-state index contributed by atoms with van der Waals surface area (Å²) in [6.07, 6.45) is 0. The SMILES string of the molecule is c1ccc(N(c2ccc3c(c2)C(c2ccccc2)(c2ccccc2)c2ccccc2-3)c2cc(-c3ccc4ccccc4c3)ccc2-c2ccc3ccccc3c2)cc1. The lowest BCUT2D eigenvalue weighted by Crippen LogP contribution is -2.28. The molecule has 10 aromatic rings. The Hall–Kier alpha value is -7.48. The lowest BCUT2D eigenvalue weighted by Gasteiger charge is -2.35. The highest BCUT2D eigenvalue weighted by atomic mass is 15.1. The second kappa shape index (κ2) is 13.9. The summed E-state index contributed by atoms with van der Waals surface area (Å²) in [5.41, 5.74) is 15.1. The van der Waals surface area contributed by atoms with Crippen LogP contribution in [-0.4, -0.2) is 0 Å². The first-order chi connectivity index (χ1) is 28.8. The quantitative estimate of drug-likeness (QED) is 0.157. The Kier molecular flexibility index (Phi) is 8.12. The van der Waals surface area contributed by atoms with Crippen molar-refractivity contribution in [2.45, 2.75) is 5.41 Å². The van der Waals surface area contributed by atoms with E-state index in [1.807, 2.05) is 0 Å². The molecule has 11 rings (SSSR count). The van der Waals surface area contributed by atoms with Gasteiger partial charge in [0.2, 0.25) is 0 Å². The summed E-state index contributed by atoms with van der Waals surface area (Å²) in [7, 11) is 0. The largest absolute Gasteiger partial charge is 0.310 e. The molecule has 0 atom stereocenters. The van der Waals surface area contributed by atoms with Crippen LogP contribution in [0.5, 0.6) is 0 Å². The van der Waals surface area contributed by atoms with E-state index in [-0.39, 0.29) is 0 Å². The molecular weight excluding hydrogens is 699 g/mol. The maximum absolute atomic E-state index is 2.47. The van der Waals surface area contributed by atoms with Crippen LogP contribution >= 0.6 is 0 Å². The van der Waals surface area contributed by atoms with E-state index in [2.05, 4.69) is 241 Å². The fraction of sp³-hybridized carbons (Fsp3) is 0.0175. The smallest absolute Gasteiger partial charge is 0.0714 e. The van der Waals surface area contributed by atoms with Crippen LogP contribution in [-0.2, 0) is 5.41 Å². The van der Waals surface area contributed by atoms with Gasteiger partial charge < -0.3 is 4.90 Å². The normalized spacial score (nSPS) is 12.6. The molecule has 10 aromatic carbocycles. The number of hydrogen-bond acceptors (Lipinski definition) is 1. The van der Waals surface area contributed by atoms with Crippen LogP contribution in [0.25, 0.3) is 54.9 Å². The van der Waals surface area contributed by atoms with Gasteiger partial charge in [-0.05, 0) is 114 Å². The van der Waals surface area contributed by atoms with Gasteiger partial charge >= 0.3 is 0 Å². The number of fused-ring (bicyclic) bond motifs is 5. The number of benzene rings is 10. The Balaban J connectivity index is 1.19. The Morgan fingerprint density at radius 2 is 0.759 bits per heavy atom. The second-order valence-electron chi connectivity index (χ2n) is 15.3. The van der Waals surface area contributed by atoms with Gasteiger partial charge in [0.25, 0.3) is 0 Å². The summed E-state index contributed by atoms with van der Waals surface area (Å²) in [6.45, 7) is 0. The van der Waals surface area contributed by atoms with Crippen LogP contribution in [0.1, 0.15) is 22.3 Å². The highest BCUT2D eigenvalue weighted by Crippen LogP contribution is 2.57. The molecule has 58 heavy (non-hydrogen) atoms. The molecule has 0 saturated carbocycles. The lowest BCUT2D eigenvalue weighted by molar-refractivity contribution is 0.768. The molecule has 1 nitrogen and oxygen atoms in total. The zero-order valence-electron chi connectivity index (χ0n) is 32.0. The molecule has 0 radical (unpaired) electrons. The van der Waals surface area contributed by atoms with Gasteiger partial charge in [0, 0.05) is 16.9 Å². The van der Waals surface area contributed by atoms with Crippen molar-refractivity contribution < 1.29 is 0 Å². The Bertz CT molecular complexity index is 3070. The Morgan fingerprint density at radius 3 is 1.43 bits per heavy atom. The van der Waals surface area contributed by atoms with Gasteiger partial charge in [-0.3, -0.25) is 0 Å². The van der Waals surface area contributed by atoms with Crippen LogP contribution in [0.4, 0.5) is 17.1 Å². The average Bonchev–Trinajstić information content (AvgIpc) is 3.60. The molecule has 0 fully saturated rings. The molecule has 0 bridgehead atoms. The topological polar surface area (TPSA) is 3.24 Å². The Morgan fingerprint density at radius 1 is 0.276 bits per heavy atom. The maximum Gasteiger partial charge on any atom is 0.0714 e. The van der Waals surface area contributed by atoms with E-state index >= 15 is 0 Å². The van der Waals surface area contributed by atoms with E-state index in [4.69, 9.17) is 0 Å². The molecule has 0 unspecified atom stereocenters. The highest BCUT2D eigenvalue weighted by Gasteiger charge is 2.46. The van der Waals surface area contributed by atoms with Crippen molar-refractivity contribution in [2.24, 2.45) is 0 Å². The summed E-state index contributed by atoms with van der Waals surface area (Å²) < 4.78 is 0. The summed E-state index contributed by atoms with van der Waals surface area (Å²) in [5, 5.41) is 4.93. The van der Waals surface area contributed by atoms with Crippen molar-refractivity contribution in [2.75, 3.05) is 4.90 Å². The lowest BCUT2D eigenvalue weighted by atomic mass is 9.67. The minimum absolute atomic E-state index is 0.513. The monoisotopic (exact) mass is 737 g/mol. The van der Waals surface area contributed by atoms with Gasteiger partial charge in [-0.15, -0.1) is 0 Å². The number of hydrogen-bond donors (Lipinski definition) is 0. The van der Waals surface area contributed by atoms with Crippen molar-refractivity contribution in [1.82, 2.24) is 0 Å². The predicted octanol–water partition coefficient (Wildman–Crippen LogP) is 15.2. The fourth-order valence-electron chi connectivity index (χ4n) is 9.44. The van der Waals surface area contributed by atoms with Crippen molar-refractivity contribution in [3.05, 3.63) is 259 Å². The van der Waals surface area contributed by atoms with E-state index in [0.29, 0.717) is 0 Å². The van der Waals surface area contributed by atoms with Crippen LogP contribution < -0.4 is 4.90 Å². The van der Waals surface area contributed by atoms with Gasteiger partial charge in [-0.25, -0.2) is 0 Å². The van der Waals surface area contributed by atoms with Gasteiger partial charge in [-0.2, -0.15) is 0 Å². The van der Waals surface area contributed by atoms with Gasteiger partial charge in [0.05, 0.1) is 11.1 Å². The molecule has 272 valence electrons. The first-order valence-corrected chi connectivity index (χ1v) is 20.1. The minimum atomic E-state index is -0.513. The fourth-order valence-corrected chi connectivity index (χ4v) is 9.44. The van der Waals surface area contributed by atoms with Crippen molar-refractivity contribution in [1.29, 1.82) is 0 Å². The number of rotatable bonds is 7. The predicted molar refractivity (Wildman–Crippen MR) is 244 cm³/mol. The van der Waals surface area contributed by atoms with E-state index in [1.165, 1.54) is 77.2 Å². The van der Waals surface area contributed by atoms with Gasteiger partial charge in [0.15, 0.2) is 0 Å². The highest BCUT2D eigenvalue weighted by molar-refractivity contribution is 5.97. The van der Waals surface area contributed by atoms with Gasteiger partial charge in [0.1, 0.15) is 0 Å². The molecule has 0 aliphatic heterocycles. The van der Waals surface area contributed by atoms with Crippen LogP contribution in [0.15, 0.2) is 237 Å².